The topological polar surface area (TPSA) is 87.7 Å². The van der Waals surface area contributed by atoms with Gasteiger partial charge in [-0.3, -0.25) is 9.69 Å². The van der Waals surface area contributed by atoms with Gasteiger partial charge in [0.05, 0.1) is 29.6 Å². The molecule has 0 fully saturated rings. The van der Waals surface area contributed by atoms with Gasteiger partial charge in [-0.15, -0.1) is 5.10 Å². The number of nitrogens with zero attached hydrogens (tertiary/aromatic N) is 4. The van der Waals surface area contributed by atoms with Gasteiger partial charge in [0, 0.05) is 9.86 Å². The predicted octanol–water partition coefficient (Wildman–Crippen LogP) is 6.46. The minimum atomic E-state index is -0.701. The molecule has 2 aliphatic rings. The van der Waals surface area contributed by atoms with Crippen LogP contribution in [0.1, 0.15) is 36.0 Å². The molecule has 1 aromatic heterocycles. The molecule has 1 atom stereocenters. The molecule has 1 unspecified atom stereocenters. The van der Waals surface area contributed by atoms with E-state index in [0.717, 1.165) is 21.1 Å². The van der Waals surface area contributed by atoms with Crippen molar-refractivity contribution in [2.75, 3.05) is 11.6 Å². The molecular weight excluding hydrogens is 560 g/mol. The number of ketones is 1. The van der Waals surface area contributed by atoms with Gasteiger partial charge < -0.3 is 9.15 Å². The van der Waals surface area contributed by atoms with E-state index in [1.54, 1.807) is 35.9 Å². The van der Waals surface area contributed by atoms with Gasteiger partial charge in [0.15, 0.2) is 5.76 Å². The number of rotatable bonds is 6. The number of guanidine groups is 1. The summed E-state index contributed by atoms with van der Waals surface area (Å²) in [6, 6.07) is 25.5. The third-order valence-corrected chi connectivity index (χ3v) is 7.03. The Hall–Kier alpha value is -4.50. The summed E-state index contributed by atoms with van der Waals surface area (Å²) >= 11 is 3.47. The first-order chi connectivity index (χ1) is 19.0. The first-order valence-corrected chi connectivity index (χ1v) is 13.2. The second-order valence-electron chi connectivity index (χ2n) is 9.01. The van der Waals surface area contributed by atoms with Crippen LogP contribution >= 0.6 is 15.9 Å². The number of furan rings is 1. The lowest BCUT2D eigenvalue weighted by Crippen LogP contribution is -2.46. The zero-order chi connectivity index (χ0) is 27.1. The fourth-order valence-electron chi connectivity index (χ4n) is 4.81. The number of benzene rings is 3. The lowest BCUT2D eigenvalue weighted by Gasteiger charge is -2.35. The molecule has 39 heavy (non-hydrogen) atoms. The van der Waals surface area contributed by atoms with Crippen molar-refractivity contribution in [2.45, 2.75) is 19.9 Å². The monoisotopic (exact) mass is 582 g/mol. The maximum absolute atomic E-state index is 14.1. The molecule has 6 rings (SSSR count). The van der Waals surface area contributed by atoms with Gasteiger partial charge in [-0.25, -0.2) is 9.79 Å². The molecule has 0 spiro atoms. The number of hydrogen-bond acceptors (Lipinski definition) is 8. The van der Waals surface area contributed by atoms with Crippen LogP contribution in [-0.2, 0) is 9.53 Å². The third-order valence-electron chi connectivity index (χ3n) is 6.53. The maximum Gasteiger partial charge on any atom is 0.338 e. The second kappa shape index (κ2) is 9.99. The van der Waals surface area contributed by atoms with E-state index in [9.17, 15) is 9.59 Å². The van der Waals surface area contributed by atoms with Crippen molar-refractivity contribution in [3.63, 3.8) is 0 Å². The van der Waals surface area contributed by atoms with Crippen LogP contribution < -0.4 is 5.01 Å². The van der Waals surface area contributed by atoms with Gasteiger partial charge in [0.25, 0.3) is 5.78 Å². The van der Waals surface area contributed by atoms with E-state index < -0.39 is 17.8 Å². The summed E-state index contributed by atoms with van der Waals surface area (Å²) in [5, 5.41) is 7.16. The van der Waals surface area contributed by atoms with Crippen molar-refractivity contribution >= 4 is 56.1 Å². The molecule has 0 N–H and O–H groups in total. The highest BCUT2D eigenvalue weighted by atomic mass is 79.9. The molecule has 0 radical (unpaired) electrons. The molecule has 9 heteroatoms. The number of allylic oxidation sites excluding steroid dienone is 1. The molecule has 0 bridgehead atoms. The Bertz CT molecular complexity index is 1690. The van der Waals surface area contributed by atoms with Gasteiger partial charge >= 0.3 is 5.97 Å². The standard InChI is InChI=1S/C30H23BrN4O4/c1-3-38-29(37)25-18(2)32-30-34(26(25)19-10-6-4-7-11-19)28(33-35(30)22-12-8-5-9-13-22)27(36)24-17-20-16-21(31)14-15-23(20)39-24/h4-17,26H,3H2,1-2H3. The Balaban J connectivity index is 1.55. The first-order valence-electron chi connectivity index (χ1n) is 12.4. The van der Waals surface area contributed by atoms with Crippen molar-refractivity contribution in [1.82, 2.24) is 4.90 Å². The quantitative estimate of drug-likeness (QED) is 0.191. The molecule has 0 saturated carbocycles. The van der Waals surface area contributed by atoms with E-state index in [4.69, 9.17) is 19.2 Å². The Morgan fingerprint density at radius 3 is 2.44 bits per heavy atom. The summed E-state index contributed by atoms with van der Waals surface area (Å²) < 4.78 is 12.3. The fourth-order valence-corrected chi connectivity index (χ4v) is 5.19. The summed E-state index contributed by atoms with van der Waals surface area (Å²) in [5.41, 5.74) is 2.92. The Morgan fingerprint density at radius 2 is 1.72 bits per heavy atom. The zero-order valence-corrected chi connectivity index (χ0v) is 22.8. The summed E-state index contributed by atoms with van der Waals surface area (Å²) in [6.45, 7) is 3.73. The molecule has 3 heterocycles. The van der Waals surface area contributed by atoms with Crippen LogP contribution in [0, 0.1) is 0 Å². The normalized spacial score (nSPS) is 16.7. The smallest absolute Gasteiger partial charge is 0.338 e. The van der Waals surface area contributed by atoms with Crippen molar-refractivity contribution < 1.29 is 18.7 Å². The largest absolute Gasteiger partial charge is 0.463 e. The Morgan fingerprint density at radius 1 is 1.00 bits per heavy atom. The molecule has 3 aromatic carbocycles. The molecule has 0 saturated heterocycles. The summed E-state index contributed by atoms with van der Waals surface area (Å²) in [7, 11) is 0. The number of ether oxygens (including phenoxy) is 1. The van der Waals surface area contributed by atoms with Crippen molar-refractivity contribution in [3.8, 4) is 0 Å². The molecule has 8 nitrogen and oxygen atoms in total. The lowest BCUT2D eigenvalue weighted by molar-refractivity contribution is -0.139. The molecule has 0 amide bonds. The summed E-state index contributed by atoms with van der Waals surface area (Å²) in [4.78, 5) is 33.9. The number of carbonyl (C=O) groups is 2. The van der Waals surface area contributed by atoms with Gasteiger partial charge in [0.1, 0.15) is 5.58 Å². The molecule has 2 aliphatic heterocycles. The SMILES string of the molecule is CCOC(=O)C1=C(C)N=C2N(c3ccccc3)N=C(C(=O)c3cc4cc(Br)ccc4o3)N2C1c1ccccc1. The Kier molecular flexibility index (Phi) is 6.36. The van der Waals surface area contributed by atoms with Gasteiger partial charge in [-0.05, 0) is 55.8 Å². The summed E-state index contributed by atoms with van der Waals surface area (Å²) in [5.74, 6) is -0.309. The number of Topliss-reactive ketones (excluding diaryl/α,β-unsaturated/α-hetero) is 1. The van der Waals surface area contributed by atoms with Crippen molar-refractivity contribution in [3.05, 3.63) is 112 Å². The van der Waals surface area contributed by atoms with Crippen LogP contribution in [0.5, 0.6) is 0 Å². The van der Waals surface area contributed by atoms with Crippen LogP contribution in [-0.4, -0.2) is 35.1 Å². The molecule has 194 valence electrons. The summed E-state index contributed by atoms with van der Waals surface area (Å²) in [6.07, 6.45) is 0. The number of fused-ring (bicyclic) bond motifs is 2. The number of halogens is 1. The number of amidine groups is 1. The van der Waals surface area contributed by atoms with Crippen molar-refractivity contribution in [1.29, 1.82) is 0 Å². The van der Waals surface area contributed by atoms with E-state index in [2.05, 4.69) is 15.9 Å². The van der Waals surface area contributed by atoms with Crippen LogP contribution in [0.4, 0.5) is 5.69 Å². The fraction of sp³-hybridized carbons (Fsp3) is 0.133. The van der Waals surface area contributed by atoms with E-state index in [1.807, 2.05) is 72.8 Å². The highest BCUT2D eigenvalue weighted by molar-refractivity contribution is 9.10. The number of aliphatic imine (C=N–C) groups is 1. The number of hydrazone groups is 1. The highest BCUT2D eigenvalue weighted by Crippen LogP contribution is 2.40. The predicted molar refractivity (Wildman–Crippen MR) is 152 cm³/mol. The van der Waals surface area contributed by atoms with E-state index >= 15 is 0 Å². The molecule has 4 aromatic rings. The zero-order valence-electron chi connectivity index (χ0n) is 21.2. The van der Waals surface area contributed by atoms with Gasteiger partial charge in [-0.1, -0.05) is 64.5 Å². The van der Waals surface area contributed by atoms with Crippen LogP contribution in [0.3, 0.4) is 0 Å². The number of anilines is 1. The minimum Gasteiger partial charge on any atom is -0.463 e. The van der Waals surface area contributed by atoms with Crippen LogP contribution in [0.15, 0.2) is 115 Å². The number of esters is 1. The molecule has 0 aliphatic carbocycles. The highest BCUT2D eigenvalue weighted by Gasteiger charge is 2.47. The van der Waals surface area contributed by atoms with E-state index in [0.29, 0.717) is 22.8 Å². The molecular formula is C30H23BrN4O4. The van der Waals surface area contributed by atoms with Crippen LogP contribution in [0.25, 0.3) is 11.0 Å². The average Bonchev–Trinajstić information content (AvgIpc) is 3.54. The van der Waals surface area contributed by atoms with Gasteiger partial charge in [-0.2, -0.15) is 5.01 Å². The lowest BCUT2D eigenvalue weighted by atomic mass is 9.93. The van der Waals surface area contributed by atoms with Crippen LogP contribution in [0.2, 0.25) is 0 Å². The number of para-hydroxylation sites is 1. The average molecular weight is 583 g/mol. The third kappa shape index (κ3) is 4.34. The Labute approximate surface area is 233 Å². The van der Waals surface area contributed by atoms with Crippen molar-refractivity contribution in [2.24, 2.45) is 10.1 Å². The second-order valence-corrected chi connectivity index (χ2v) is 9.92. The first kappa shape index (κ1) is 24.8. The number of carbonyl (C=O) groups excluding carboxylic acids is 2. The van der Waals surface area contributed by atoms with E-state index in [1.165, 1.54) is 0 Å². The maximum atomic E-state index is 14.1. The van der Waals surface area contributed by atoms with Gasteiger partial charge in [0.2, 0.25) is 11.8 Å². The minimum absolute atomic E-state index is 0.0823. The van der Waals surface area contributed by atoms with E-state index in [-0.39, 0.29) is 18.2 Å². The number of hydrogen-bond donors (Lipinski definition) is 0.